The first-order valence-electron chi connectivity index (χ1n) is 9.32. The van der Waals surface area contributed by atoms with E-state index in [0.29, 0.717) is 19.5 Å². The highest BCUT2D eigenvalue weighted by Crippen LogP contribution is 2.28. The van der Waals surface area contributed by atoms with Gasteiger partial charge in [0.05, 0.1) is 6.04 Å². The lowest BCUT2D eigenvalue weighted by atomic mass is 10.2. The van der Waals surface area contributed by atoms with Crippen LogP contribution in [0.25, 0.3) is 0 Å². The van der Waals surface area contributed by atoms with Crippen LogP contribution in [0.1, 0.15) is 31.9 Å². The van der Waals surface area contributed by atoms with Gasteiger partial charge in [0, 0.05) is 24.2 Å². The van der Waals surface area contributed by atoms with Crippen LogP contribution in [0.15, 0.2) is 27.5 Å². The Morgan fingerprint density at radius 1 is 1.47 bits per heavy atom. The second kappa shape index (κ2) is 9.09. The summed E-state index contributed by atoms with van der Waals surface area (Å²) < 4.78 is 33.8. The van der Waals surface area contributed by atoms with Gasteiger partial charge in [0.15, 0.2) is 0 Å². The van der Waals surface area contributed by atoms with Crippen LogP contribution in [0.2, 0.25) is 0 Å². The molecule has 1 fully saturated rings. The smallest absolute Gasteiger partial charge is 0.414 e. The van der Waals surface area contributed by atoms with Gasteiger partial charge in [0.2, 0.25) is 11.8 Å². The van der Waals surface area contributed by atoms with Gasteiger partial charge in [-0.15, -0.1) is 0 Å². The minimum absolute atomic E-state index is 0.0163. The maximum absolute atomic E-state index is 13.9. The predicted molar refractivity (Wildman–Crippen MR) is 109 cm³/mol. The molecule has 3 rings (SSSR count). The van der Waals surface area contributed by atoms with Crippen LogP contribution in [-0.2, 0) is 6.61 Å². The number of hydrogen-bond acceptors (Lipinski definition) is 5. The molecule has 30 heavy (non-hydrogen) atoms. The summed E-state index contributed by atoms with van der Waals surface area (Å²) in [4.78, 5) is 30.3. The van der Waals surface area contributed by atoms with E-state index in [1.807, 2.05) is 0 Å². The number of carbonyl (C=O) groups is 1. The molecule has 0 bridgehead atoms. The van der Waals surface area contributed by atoms with E-state index in [0.717, 1.165) is 17.0 Å². The summed E-state index contributed by atoms with van der Waals surface area (Å²) in [7, 11) is 0. The molecule has 1 atom stereocenters. The second-order valence-corrected chi connectivity index (χ2v) is 7.92. The molecule has 1 aromatic carbocycles. The van der Waals surface area contributed by atoms with E-state index in [1.165, 1.54) is 10.6 Å². The molecule has 2 aromatic rings. The Morgan fingerprint density at radius 3 is 2.77 bits per heavy atom. The number of nitrogens with zero attached hydrogens (tertiary/aromatic N) is 3. The summed E-state index contributed by atoms with van der Waals surface area (Å²) in [6.07, 6.45) is -0.685. The van der Waals surface area contributed by atoms with Crippen LogP contribution in [0.3, 0.4) is 0 Å². The molecule has 0 saturated carbocycles. The summed E-state index contributed by atoms with van der Waals surface area (Å²) in [5.41, 5.74) is -0.462. The Balaban J connectivity index is 2.04. The number of hydrogen-bond donors (Lipinski definition) is 2. The molecule has 11 heteroatoms. The van der Waals surface area contributed by atoms with Crippen molar-refractivity contribution < 1.29 is 23.4 Å². The summed E-state index contributed by atoms with van der Waals surface area (Å²) in [5.74, 6) is -1.77. The van der Waals surface area contributed by atoms with Crippen molar-refractivity contribution in [3.05, 3.63) is 50.2 Å². The van der Waals surface area contributed by atoms with Gasteiger partial charge < -0.3 is 15.2 Å². The molecule has 1 saturated heterocycles. The average molecular weight is 487 g/mol. The summed E-state index contributed by atoms with van der Waals surface area (Å²) in [5, 5.41) is 12.9. The van der Waals surface area contributed by atoms with Crippen LogP contribution in [-0.4, -0.2) is 39.9 Å². The van der Waals surface area contributed by atoms with Crippen LogP contribution in [0.5, 0.6) is 5.88 Å². The van der Waals surface area contributed by atoms with Crippen molar-refractivity contribution in [2.45, 2.75) is 39.0 Å². The quantitative estimate of drug-likeness (QED) is 0.650. The molecule has 0 aliphatic carbocycles. The van der Waals surface area contributed by atoms with Crippen LogP contribution < -0.4 is 20.5 Å². The molecule has 1 aliphatic rings. The van der Waals surface area contributed by atoms with E-state index in [1.54, 1.807) is 13.8 Å². The third-order valence-corrected chi connectivity index (χ3v) is 5.41. The fraction of sp³-hybridized carbons (Fsp3) is 0.421. The van der Waals surface area contributed by atoms with Crippen LogP contribution >= 0.6 is 15.9 Å². The molecule has 162 valence electrons. The number of ether oxygens (including phenoxy) is 1. The van der Waals surface area contributed by atoms with Crippen molar-refractivity contribution in [2.75, 3.05) is 18.0 Å². The fourth-order valence-corrected chi connectivity index (χ4v) is 3.66. The highest BCUT2D eigenvalue weighted by Gasteiger charge is 2.33. The minimum atomic E-state index is -1.25. The Hall–Kier alpha value is -2.53. The van der Waals surface area contributed by atoms with E-state index < -0.39 is 29.3 Å². The zero-order valence-electron chi connectivity index (χ0n) is 16.4. The molecular formula is C19H21BrF2N4O4. The van der Waals surface area contributed by atoms with E-state index in [-0.39, 0.29) is 34.5 Å². The van der Waals surface area contributed by atoms with Crippen molar-refractivity contribution in [3.8, 4) is 5.88 Å². The monoisotopic (exact) mass is 486 g/mol. The van der Waals surface area contributed by atoms with Gasteiger partial charge in [-0.3, -0.25) is 9.36 Å². The highest BCUT2D eigenvalue weighted by atomic mass is 79.9. The lowest BCUT2D eigenvalue weighted by molar-refractivity contribution is 0.198. The first kappa shape index (κ1) is 22.2. The lowest BCUT2D eigenvalue weighted by Crippen LogP contribution is -2.45. The molecule has 8 nitrogen and oxygen atoms in total. The zero-order valence-corrected chi connectivity index (χ0v) is 17.9. The van der Waals surface area contributed by atoms with Gasteiger partial charge in [-0.25, -0.2) is 18.5 Å². The third-order valence-electron chi connectivity index (χ3n) is 4.73. The molecule has 0 radical (unpaired) electrons. The lowest BCUT2D eigenvalue weighted by Gasteiger charge is -2.28. The Bertz CT molecular complexity index is 1010. The van der Waals surface area contributed by atoms with Gasteiger partial charge in [0.1, 0.15) is 22.7 Å². The van der Waals surface area contributed by atoms with Gasteiger partial charge in [-0.05, 0) is 54.9 Å². The number of halogens is 3. The number of rotatable bonds is 6. The van der Waals surface area contributed by atoms with E-state index in [9.17, 15) is 23.5 Å². The van der Waals surface area contributed by atoms with E-state index in [2.05, 4.69) is 26.2 Å². The molecular weight excluding hydrogens is 466 g/mol. The Kier molecular flexibility index (Phi) is 6.71. The molecule has 1 aliphatic heterocycles. The normalized spacial score (nSPS) is 16.1. The van der Waals surface area contributed by atoms with E-state index in [4.69, 9.17) is 4.74 Å². The zero-order chi connectivity index (χ0) is 22.0. The molecule has 0 spiro atoms. The maximum atomic E-state index is 13.9. The largest absolute Gasteiger partial charge is 0.472 e. The summed E-state index contributed by atoms with van der Waals surface area (Å²) in [6.45, 7) is 4.22. The number of anilines is 1. The van der Waals surface area contributed by atoms with Gasteiger partial charge in [-0.2, -0.15) is 4.98 Å². The second-order valence-electron chi connectivity index (χ2n) is 7.12. The van der Waals surface area contributed by atoms with Gasteiger partial charge in [-0.1, -0.05) is 0 Å². The van der Waals surface area contributed by atoms with Crippen LogP contribution in [0.4, 0.5) is 19.5 Å². The number of benzene rings is 1. The molecule has 1 amide bonds. The predicted octanol–water partition coefficient (Wildman–Crippen LogP) is 3.29. The molecule has 0 unspecified atom stereocenters. The number of nitrogens with one attached hydrogen (secondary N) is 1. The number of aromatic nitrogens is 2. The standard InChI is InChI=1S/C19H21BrF2N4O4/c1-10(2)25-17(27)15(20)16(30-9-11-3-4-12(21)7-14(11)22)24-18(25)26(19(28)29)13-5-6-23-8-13/h3-4,7,10,13,23H,5-6,8-9H2,1-2H3,(H,28,29)/t13-/m1/s1. The molecule has 2 N–H and O–H groups in total. The highest BCUT2D eigenvalue weighted by molar-refractivity contribution is 9.10. The SMILES string of the molecule is CC(C)n1c(N(C(=O)O)[C@@H]2CCNC2)nc(OCc2ccc(F)cc2F)c(Br)c1=O. The average Bonchev–Trinajstić information content (AvgIpc) is 3.18. The molecule has 1 aromatic heterocycles. The minimum Gasteiger partial charge on any atom is -0.472 e. The van der Waals surface area contributed by atoms with Crippen molar-refractivity contribution >= 4 is 28.0 Å². The van der Waals surface area contributed by atoms with Crippen molar-refractivity contribution in [1.82, 2.24) is 14.9 Å². The van der Waals surface area contributed by atoms with Gasteiger partial charge in [0.25, 0.3) is 5.56 Å². The van der Waals surface area contributed by atoms with Crippen molar-refractivity contribution in [3.63, 3.8) is 0 Å². The van der Waals surface area contributed by atoms with E-state index >= 15 is 0 Å². The first-order chi connectivity index (χ1) is 14.2. The summed E-state index contributed by atoms with van der Waals surface area (Å²) >= 11 is 3.15. The Labute approximate surface area is 179 Å². The first-order valence-corrected chi connectivity index (χ1v) is 10.1. The maximum Gasteiger partial charge on any atom is 0.414 e. The fourth-order valence-electron chi connectivity index (χ4n) is 3.26. The van der Waals surface area contributed by atoms with Crippen molar-refractivity contribution in [1.29, 1.82) is 0 Å². The number of amides is 1. The summed E-state index contributed by atoms with van der Waals surface area (Å²) in [6, 6.07) is 2.26. The molecule has 2 heterocycles. The van der Waals surface area contributed by atoms with Gasteiger partial charge >= 0.3 is 6.09 Å². The third kappa shape index (κ3) is 4.46. The topological polar surface area (TPSA) is 96.7 Å². The Morgan fingerprint density at radius 2 is 2.20 bits per heavy atom. The van der Waals surface area contributed by atoms with Crippen molar-refractivity contribution in [2.24, 2.45) is 0 Å². The number of carboxylic acid groups (broad SMARTS) is 1. The van der Waals surface area contributed by atoms with Crippen LogP contribution in [0, 0.1) is 11.6 Å².